The van der Waals surface area contributed by atoms with Crippen molar-refractivity contribution >= 4 is 11.7 Å². The van der Waals surface area contributed by atoms with E-state index in [9.17, 15) is 14.9 Å². The zero-order chi connectivity index (χ0) is 13.8. The molecular weight excluding hydrogens is 246 g/mol. The number of hydrogen-bond acceptors (Lipinski definition) is 4. The molecule has 102 valence electrons. The van der Waals surface area contributed by atoms with Gasteiger partial charge in [-0.15, -0.1) is 0 Å². The number of rotatable bonds is 3. The maximum Gasteiger partial charge on any atom is 0.338 e. The molecule has 0 spiro atoms. The van der Waals surface area contributed by atoms with Gasteiger partial charge in [0.1, 0.15) is 6.10 Å². The standard InChI is InChI=1S/C14H17NO4/c1-10-9-11(15(17)18)7-8-13(10)14(16)19-12-5-3-2-4-6-12/h7-9,12H,2-6H2,1H3. The smallest absolute Gasteiger partial charge is 0.338 e. The van der Waals surface area contributed by atoms with Gasteiger partial charge in [0.25, 0.3) is 5.69 Å². The Kier molecular flexibility index (Phi) is 4.14. The molecule has 1 aliphatic rings. The second-order valence-electron chi connectivity index (χ2n) is 4.92. The summed E-state index contributed by atoms with van der Waals surface area (Å²) in [7, 11) is 0. The number of aryl methyl sites for hydroxylation is 1. The third-order valence-electron chi connectivity index (χ3n) is 3.47. The molecule has 1 saturated carbocycles. The van der Waals surface area contributed by atoms with Crippen molar-refractivity contribution < 1.29 is 14.5 Å². The quantitative estimate of drug-likeness (QED) is 0.476. The molecule has 0 radical (unpaired) electrons. The summed E-state index contributed by atoms with van der Waals surface area (Å²) in [6, 6.07) is 4.21. The number of hydrogen-bond donors (Lipinski definition) is 0. The van der Waals surface area contributed by atoms with Crippen LogP contribution in [0.5, 0.6) is 0 Å². The average Bonchev–Trinajstić information content (AvgIpc) is 2.39. The minimum Gasteiger partial charge on any atom is -0.459 e. The van der Waals surface area contributed by atoms with Gasteiger partial charge in [-0.2, -0.15) is 0 Å². The molecule has 5 heteroatoms. The predicted molar refractivity (Wildman–Crippen MR) is 70.1 cm³/mol. The second kappa shape index (κ2) is 5.82. The van der Waals surface area contributed by atoms with Crippen molar-refractivity contribution in [3.63, 3.8) is 0 Å². The van der Waals surface area contributed by atoms with Gasteiger partial charge < -0.3 is 4.74 Å². The Morgan fingerprint density at radius 2 is 2.00 bits per heavy atom. The van der Waals surface area contributed by atoms with E-state index in [-0.39, 0.29) is 17.8 Å². The fraction of sp³-hybridized carbons (Fsp3) is 0.500. The van der Waals surface area contributed by atoms with Gasteiger partial charge in [0.05, 0.1) is 10.5 Å². The van der Waals surface area contributed by atoms with Crippen molar-refractivity contribution in [1.29, 1.82) is 0 Å². The van der Waals surface area contributed by atoms with Crippen LogP contribution in [0.25, 0.3) is 0 Å². The van der Waals surface area contributed by atoms with E-state index in [4.69, 9.17) is 4.74 Å². The van der Waals surface area contributed by atoms with E-state index in [0.717, 1.165) is 25.7 Å². The Balaban J connectivity index is 2.08. The Bertz CT molecular complexity index is 492. The zero-order valence-electron chi connectivity index (χ0n) is 10.9. The molecule has 0 bridgehead atoms. The number of non-ortho nitro benzene ring substituents is 1. The van der Waals surface area contributed by atoms with Gasteiger partial charge in [-0.25, -0.2) is 4.79 Å². The SMILES string of the molecule is Cc1cc([N+](=O)[O-])ccc1C(=O)OC1CCCCC1. The second-order valence-corrected chi connectivity index (χ2v) is 4.92. The fourth-order valence-corrected chi connectivity index (χ4v) is 2.39. The average molecular weight is 263 g/mol. The number of nitro groups is 1. The first-order valence-corrected chi connectivity index (χ1v) is 6.54. The highest BCUT2D eigenvalue weighted by atomic mass is 16.6. The van der Waals surface area contributed by atoms with Crippen LogP contribution in [0.15, 0.2) is 18.2 Å². The number of ether oxygens (including phenoxy) is 1. The Morgan fingerprint density at radius 3 is 2.58 bits per heavy atom. The molecule has 0 unspecified atom stereocenters. The van der Waals surface area contributed by atoms with Crippen molar-refractivity contribution in [2.45, 2.75) is 45.1 Å². The molecule has 0 aromatic heterocycles. The van der Waals surface area contributed by atoms with Gasteiger partial charge in [-0.05, 0) is 44.2 Å². The summed E-state index contributed by atoms with van der Waals surface area (Å²) in [5.41, 5.74) is 0.984. The molecule has 19 heavy (non-hydrogen) atoms. The number of nitrogens with zero attached hydrogens (tertiary/aromatic N) is 1. The van der Waals surface area contributed by atoms with Crippen LogP contribution in [0.4, 0.5) is 5.69 Å². The highest BCUT2D eigenvalue weighted by Gasteiger charge is 2.20. The molecular formula is C14H17NO4. The minimum atomic E-state index is -0.469. The van der Waals surface area contributed by atoms with Crippen molar-refractivity contribution in [2.24, 2.45) is 0 Å². The molecule has 0 amide bonds. The summed E-state index contributed by atoms with van der Waals surface area (Å²) in [6.45, 7) is 1.68. The summed E-state index contributed by atoms with van der Waals surface area (Å²) in [6.07, 6.45) is 5.21. The molecule has 5 nitrogen and oxygen atoms in total. The van der Waals surface area contributed by atoms with Gasteiger partial charge in [-0.1, -0.05) is 6.42 Å². The first-order chi connectivity index (χ1) is 9.08. The van der Waals surface area contributed by atoms with E-state index < -0.39 is 4.92 Å². The van der Waals surface area contributed by atoms with Crippen molar-refractivity contribution in [2.75, 3.05) is 0 Å². The first-order valence-electron chi connectivity index (χ1n) is 6.54. The number of carbonyl (C=O) groups is 1. The van der Waals surface area contributed by atoms with Crippen molar-refractivity contribution in [3.8, 4) is 0 Å². The van der Waals surface area contributed by atoms with Gasteiger partial charge >= 0.3 is 5.97 Å². The van der Waals surface area contributed by atoms with E-state index in [0.29, 0.717) is 11.1 Å². The van der Waals surface area contributed by atoms with Crippen LogP contribution in [-0.4, -0.2) is 17.0 Å². The monoisotopic (exact) mass is 263 g/mol. The highest BCUT2D eigenvalue weighted by Crippen LogP contribution is 2.23. The summed E-state index contributed by atoms with van der Waals surface area (Å²) >= 11 is 0. The molecule has 0 heterocycles. The lowest BCUT2D eigenvalue weighted by Gasteiger charge is -2.22. The Morgan fingerprint density at radius 1 is 1.32 bits per heavy atom. The molecule has 0 aliphatic heterocycles. The van der Waals surface area contributed by atoms with Gasteiger partial charge in [0, 0.05) is 12.1 Å². The van der Waals surface area contributed by atoms with Crippen LogP contribution in [0.3, 0.4) is 0 Å². The molecule has 1 aliphatic carbocycles. The number of carbonyl (C=O) groups excluding carboxylic acids is 1. The summed E-state index contributed by atoms with van der Waals surface area (Å²) in [4.78, 5) is 22.2. The van der Waals surface area contributed by atoms with Gasteiger partial charge in [0.15, 0.2) is 0 Å². The summed E-state index contributed by atoms with van der Waals surface area (Å²) < 4.78 is 5.45. The molecule has 0 saturated heterocycles. The molecule has 1 fully saturated rings. The van der Waals surface area contributed by atoms with Gasteiger partial charge in [-0.3, -0.25) is 10.1 Å². The number of benzene rings is 1. The van der Waals surface area contributed by atoms with Crippen molar-refractivity contribution in [3.05, 3.63) is 39.4 Å². The fourth-order valence-electron chi connectivity index (χ4n) is 2.39. The summed E-state index contributed by atoms with van der Waals surface area (Å²) in [5, 5.41) is 10.6. The minimum absolute atomic E-state index is 0.00385. The normalized spacial score (nSPS) is 16.1. The number of esters is 1. The third kappa shape index (κ3) is 3.30. The lowest BCUT2D eigenvalue weighted by Crippen LogP contribution is -2.21. The molecule has 2 rings (SSSR count). The maximum absolute atomic E-state index is 12.0. The van der Waals surface area contributed by atoms with E-state index in [1.807, 2.05) is 0 Å². The Hall–Kier alpha value is -1.91. The maximum atomic E-state index is 12.0. The van der Waals surface area contributed by atoms with Crippen LogP contribution >= 0.6 is 0 Å². The lowest BCUT2D eigenvalue weighted by molar-refractivity contribution is -0.384. The molecule has 1 aromatic carbocycles. The van der Waals surface area contributed by atoms with Gasteiger partial charge in [0.2, 0.25) is 0 Å². The van der Waals surface area contributed by atoms with Crippen LogP contribution in [0.1, 0.15) is 48.0 Å². The van der Waals surface area contributed by atoms with Crippen LogP contribution in [0.2, 0.25) is 0 Å². The zero-order valence-corrected chi connectivity index (χ0v) is 10.9. The van der Waals surface area contributed by atoms with E-state index in [1.165, 1.54) is 24.6 Å². The third-order valence-corrected chi connectivity index (χ3v) is 3.47. The highest BCUT2D eigenvalue weighted by molar-refractivity contribution is 5.91. The number of nitro benzene ring substituents is 1. The predicted octanol–water partition coefficient (Wildman–Crippen LogP) is 3.39. The van der Waals surface area contributed by atoms with Crippen molar-refractivity contribution in [1.82, 2.24) is 0 Å². The Labute approximate surface area is 111 Å². The van der Waals surface area contributed by atoms with E-state index >= 15 is 0 Å². The van der Waals surface area contributed by atoms with E-state index in [1.54, 1.807) is 6.92 Å². The van der Waals surface area contributed by atoms with E-state index in [2.05, 4.69) is 0 Å². The van der Waals surface area contributed by atoms with Crippen LogP contribution in [-0.2, 0) is 4.74 Å². The lowest BCUT2D eigenvalue weighted by atomic mass is 9.97. The van der Waals surface area contributed by atoms with Crippen LogP contribution < -0.4 is 0 Å². The van der Waals surface area contributed by atoms with Crippen LogP contribution in [0, 0.1) is 17.0 Å². The molecule has 0 N–H and O–H groups in total. The molecule has 1 aromatic rings. The summed E-state index contributed by atoms with van der Waals surface area (Å²) in [5.74, 6) is -0.376. The topological polar surface area (TPSA) is 69.4 Å². The largest absolute Gasteiger partial charge is 0.459 e. The molecule has 0 atom stereocenters. The first kappa shape index (κ1) is 13.5.